The van der Waals surface area contributed by atoms with Crippen LogP contribution in [-0.4, -0.2) is 5.38 Å². The Labute approximate surface area is 114 Å². The van der Waals surface area contributed by atoms with Gasteiger partial charge in [0.1, 0.15) is 0 Å². The van der Waals surface area contributed by atoms with E-state index in [0.717, 1.165) is 0 Å². The van der Waals surface area contributed by atoms with Crippen LogP contribution >= 0.6 is 11.6 Å². The smallest absolute Gasteiger partial charge is 0.0341 e. The fourth-order valence-electron chi connectivity index (χ4n) is 3.16. The molecule has 0 heterocycles. The first-order valence-electron chi connectivity index (χ1n) is 7.80. The minimum atomic E-state index is 0.467. The molecule has 1 rings (SSSR count). The molecular formula is C16H31Cl. The quantitative estimate of drug-likeness (QED) is 0.336. The highest BCUT2D eigenvalue weighted by Gasteiger charge is 2.33. The summed E-state index contributed by atoms with van der Waals surface area (Å²) in [6, 6.07) is 0. The van der Waals surface area contributed by atoms with Gasteiger partial charge in [0, 0.05) is 5.38 Å². The molecule has 0 amide bonds. The maximum absolute atomic E-state index is 6.21. The molecule has 1 heteroatoms. The van der Waals surface area contributed by atoms with Gasteiger partial charge in [-0.15, -0.1) is 11.6 Å². The maximum Gasteiger partial charge on any atom is 0.0341 e. The average molecular weight is 259 g/mol. The van der Waals surface area contributed by atoms with Gasteiger partial charge in [0.25, 0.3) is 0 Å². The summed E-state index contributed by atoms with van der Waals surface area (Å²) in [6.07, 6.45) is 16.7. The lowest BCUT2D eigenvalue weighted by Gasteiger charge is -2.23. The summed E-state index contributed by atoms with van der Waals surface area (Å²) in [5, 5.41) is 0.467. The second-order valence-electron chi connectivity index (χ2n) is 6.38. The summed E-state index contributed by atoms with van der Waals surface area (Å²) >= 11 is 6.21. The Hall–Kier alpha value is 0.290. The lowest BCUT2D eigenvalue weighted by atomic mass is 9.83. The van der Waals surface area contributed by atoms with E-state index in [1.165, 1.54) is 77.0 Å². The Kier molecular flexibility index (Phi) is 7.59. The molecule has 0 bridgehead atoms. The van der Waals surface area contributed by atoms with Gasteiger partial charge < -0.3 is 0 Å². The molecule has 17 heavy (non-hydrogen) atoms. The first-order valence-corrected chi connectivity index (χ1v) is 8.24. The Morgan fingerprint density at radius 1 is 1.00 bits per heavy atom. The molecule has 0 aromatic carbocycles. The van der Waals surface area contributed by atoms with E-state index < -0.39 is 0 Å². The Morgan fingerprint density at radius 3 is 2.12 bits per heavy atom. The average Bonchev–Trinajstić information content (AvgIpc) is 2.63. The fourth-order valence-corrected chi connectivity index (χ4v) is 3.64. The van der Waals surface area contributed by atoms with Crippen LogP contribution in [-0.2, 0) is 0 Å². The van der Waals surface area contributed by atoms with E-state index in [9.17, 15) is 0 Å². The van der Waals surface area contributed by atoms with Crippen molar-refractivity contribution in [2.24, 2.45) is 5.41 Å². The predicted octanol–water partition coefficient (Wildman–Crippen LogP) is 6.31. The van der Waals surface area contributed by atoms with Gasteiger partial charge in [0.2, 0.25) is 0 Å². The molecule has 0 aromatic rings. The van der Waals surface area contributed by atoms with E-state index in [4.69, 9.17) is 11.6 Å². The molecule has 2 unspecified atom stereocenters. The summed E-state index contributed by atoms with van der Waals surface area (Å²) in [5.41, 5.74) is 0.578. The normalized spacial score (nSPS) is 28.8. The van der Waals surface area contributed by atoms with E-state index in [0.29, 0.717) is 10.8 Å². The van der Waals surface area contributed by atoms with Gasteiger partial charge in [-0.3, -0.25) is 0 Å². The highest BCUT2D eigenvalue weighted by molar-refractivity contribution is 6.20. The van der Waals surface area contributed by atoms with Crippen molar-refractivity contribution >= 4 is 11.6 Å². The zero-order valence-corrected chi connectivity index (χ0v) is 12.7. The van der Waals surface area contributed by atoms with Crippen LogP contribution in [0.3, 0.4) is 0 Å². The highest BCUT2D eigenvalue weighted by Crippen LogP contribution is 2.44. The molecule has 0 N–H and O–H groups in total. The molecule has 0 aliphatic heterocycles. The SMILES string of the molecule is CCCCCCCCCCC1(C)CCC(Cl)C1. The van der Waals surface area contributed by atoms with Crippen molar-refractivity contribution in [2.75, 3.05) is 0 Å². The van der Waals surface area contributed by atoms with E-state index in [2.05, 4.69) is 13.8 Å². The van der Waals surface area contributed by atoms with Crippen molar-refractivity contribution in [1.82, 2.24) is 0 Å². The topological polar surface area (TPSA) is 0 Å². The third-order valence-corrected chi connectivity index (χ3v) is 4.78. The molecule has 0 saturated heterocycles. The van der Waals surface area contributed by atoms with Gasteiger partial charge in [-0.1, -0.05) is 65.2 Å². The molecule has 0 nitrogen and oxygen atoms in total. The molecule has 1 fully saturated rings. The van der Waals surface area contributed by atoms with Crippen molar-refractivity contribution in [3.8, 4) is 0 Å². The first kappa shape index (κ1) is 15.3. The number of hydrogen-bond acceptors (Lipinski definition) is 0. The van der Waals surface area contributed by atoms with Crippen LogP contribution in [0.5, 0.6) is 0 Å². The van der Waals surface area contributed by atoms with E-state index in [-0.39, 0.29) is 0 Å². The van der Waals surface area contributed by atoms with Crippen molar-refractivity contribution < 1.29 is 0 Å². The van der Waals surface area contributed by atoms with Crippen LogP contribution < -0.4 is 0 Å². The van der Waals surface area contributed by atoms with Crippen LogP contribution in [0.25, 0.3) is 0 Å². The number of halogens is 1. The molecule has 1 aliphatic rings. The fraction of sp³-hybridized carbons (Fsp3) is 1.00. The van der Waals surface area contributed by atoms with Crippen molar-refractivity contribution in [2.45, 2.75) is 96.3 Å². The van der Waals surface area contributed by atoms with Crippen molar-refractivity contribution in [3.63, 3.8) is 0 Å². The van der Waals surface area contributed by atoms with E-state index in [1.54, 1.807) is 0 Å². The van der Waals surface area contributed by atoms with Gasteiger partial charge in [-0.2, -0.15) is 0 Å². The Morgan fingerprint density at radius 2 is 1.59 bits per heavy atom. The molecule has 0 aromatic heterocycles. The number of unbranched alkanes of at least 4 members (excludes halogenated alkanes) is 7. The van der Waals surface area contributed by atoms with Crippen molar-refractivity contribution in [3.05, 3.63) is 0 Å². The Balaban J connectivity index is 1.90. The van der Waals surface area contributed by atoms with Crippen LogP contribution in [0.1, 0.15) is 90.9 Å². The van der Waals surface area contributed by atoms with Crippen molar-refractivity contribution in [1.29, 1.82) is 0 Å². The summed E-state index contributed by atoms with van der Waals surface area (Å²) < 4.78 is 0. The number of alkyl halides is 1. The van der Waals surface area contributed by atoms with E-state index in [1.807, 2.05) is 0 Å². The molecule has 102 valence electrons. The molecule has 1 aliphatic carbocycles. The molecule has 2 atom stereocenters. The summed E-state index contributed by atoms with van der Waals surface area (Å²) in [4.78, 5) is 0. The van der Waals surface area contributed by atoms with Crippen LogP contribution in [0.4, 0.5) is 0 Å². The zero-order valence-electron chi connectivity index (χ0n) is 11.9. The van der Waals surface area contributed by atoms with Crippen LogP contribution in [0.2, 0.25) is 0 Å². The maximum atomic E-state index is 6.21. The lowest BCUT2D eigenvalue weighted by Crippen LogP contribution is -2.11. The lowest BCUT2D eigenvalue weighted by molar-refractivity contribution is 0.295. The monoisotopic (exact) mass is 258 g/mol. The van der Waals surface area contributed by atoms with Gasteiger partial charge in [-0.05, 0) is 31.1 Å². The zero-order chi connectivity index (χ0) is 12.6. The van der Waals surface area contributed by atoms with Gasteiger partial charge >= 0.3 is 0 Å². The standard InChI is InChI=1S/C16H31Cl/c1-3-4-5-6-7-8-9-10-12-16(2)13-11-15(17)14-16/h15H,3-14H2,1-2H3. The largest absolute Gasteiger partial charge is 0.123 e. The molecule has 1 saturated carbocycles. The van der Waals surface area contributed by atoms with Crippen LogP contribution in [0, 0.1) is 5.41 Å². The minimum absolute atomic E-state index is 0.467. The molecule has 0 spiro atoms. The van der Waals surface area contributed by atoms with E-state index >= 15 is 0 Å². The molecular weight excluding hydrogens is 228 g/mol. The second-order valence-corrected chi connectivity index (χ2v) is 6.99. The minimum Gasteiger partial charge on any atom is -0.123 e. The van der Waals surface area contributed by atoms with Gasteiger partial charge in [0.15, 0.2) is 0 Å². The summed E-state index contributed by atoms with van der Waals surface area (Å²) in [5.74, 6) is 0. The number of hydrogen-bond donors (Lipinski definition) is 0. The first-order chi connectivity index (χ1) is 8.16. The highest BCUT2D eigenvalue weighted by atomic mass is 35.5. The summed E-state index contributed by atoms with van der Waals surface area (Å²) in [6.45, 7) is 4.73. The molecule has 0 radical (unpaired) electrons. The summed E-state index contributed by atoms with van der Waals surface area (Å²) in [7, 11) is 0. The predicted molar refractivity (Wildman–Crippen MR) is 78.8 cm³/mol. The Bertz CT molecular complexity index is 190. The van der Waals surface area contributed by atoms with Gasteiger partial charge in [0.05, 0.1) is 0 Å². The number of rotatable bonds is 9. The third-order valence-electron chi connectivity index (χ3n) is 4.41. The second kappa shape index (κ2) is 8.40. The van der Waals surface area contributed by atoms with Crippen LogP contribution in [0.15, 0.2) is 0 Å². The third kappa shape index (κ3) is 6.70. The van der Waals surface area contributed by atoms with Gasteiger partial charge in [-0.25, -0.2) is 0 Å².